The first kappa shape index (κ1) is 12.8. The first-order chi connectivity index (χ1) is 5.18. The Morgan fingerprint density at radius 3 is 2.27 bits per heavy atom. The minimum Gasteiger partial charge on any atom is -0.481 e. The standard InChI is InChI=1S/C6H12O2.C3H6/c1-2-3-4-5-6(7)8;1-3-2/h2-5H2,1H3,(H,7,8);3H,1H2,2H3. The molecule has 0 amide bonds. The summed E-state index contributed by atoms with van der Waals surface area (Å²) in [7, 11) is 0. The minimum atomic E-state index is -0.682. The highest BCUT2D eigenvalue weighted by atomic mass is 16.4. The molecule has 0 atom stereocenters. The van der Waals surface area contributed by atoms with Crippen molar-refractivity contribution < 1.29 is 9.90 Å². The maximum Gasteiger partial charge on any atom is 0.303 e. The second-order valence-electron chi connectivity index (χ2n) is 2.26. The van der Waals surface area contributed by atoms with Crippen molar-refractivity contribution in [2.24, 2.45) is 0 Å². The van der Waals surface area contributed by atoms with Gasteiger partial charge in [-0.05, 0) is 13.3 Å². The monoisotopic (exact) mass is 158 g/mol. The molecule has 11 heavy (non-hydrogen) atoms. The van der Waals surface area contributed by atoms with Gasteiger partial charge in [-0.3, -0.25) is 4.79 Å². The highest BCUT2D eigenvalue weighted by Crippen LogP contribution is 1.97. The topological polar surface area (TPSA) is 37.3 Å². The smallest absolute Gasteiger partial charge is 0.303 e. The second-order valence-corrected chi connectivity index (χ2v) is 2.26. The molecule has 0 fully saturated rings. The summed E-state index contributed by atoms with van der Waals surface area (Å²) in [6.07, 6.45) is 5.03. The summed E-state index contributed by atoms with van der Waals surface area (Å²) >= 11 is 0. The molecule has 0 aromatic heterocycles. The van der Waals surface area contributed by atoms with E-state index in [1.54, 1.807) is 6.08 Å². The molecule has 0 aliphatic carbocycles. The predicted octanol–water partition coefficient (Wildman–Crippen LogP) is 2.84. The van der Waals surface area contributed by atoms with E-state index in [0.29, 0.717) is 6.42 Å². The van der Waals surface area contributed by atoms with Gasteiger partial charge in [0.15, 0.2) is 0 Å². The Kier molecular flexibility index (Phi) is 13.9. The van der Waals surface area contributed by atoms with E-state index in [9.17, 15) is 4.79 Å². The van der Waals surface area contributed by atoms with E-state index in [1.165, 1.54) is 0 Å². The molecule has 66 valence electrons. The average molecular weight is 158 g/mol. The van der Waals surface area contributed by atoms with Crippen molar-refractivity contribution in [3.63, 3.8) is 0 Å². The Bertz CT molecular complexity index is 97.7. The predicted molar refractivity (Wildman–Crippen MR) is 47.6 cm³/mol. The van der Waals surface area contributed by atoms with E-state index in [2.05, 4.69) is 13.5 Å². The molecular weight excluding hydrogens is 140 g/mol. The molecule has 0 aromatic carbocycles. The van der Waals surface area contributed by atoms with Crippen molar-refractivity contribution >= 4 is 5.97 Å². The van der Waals surface area contributed by atoms with Crippen LogP contribution >= 0.6 is 0 Å². The van der Waals surface area contributed by atoms with Crippen LogP contribution in [0.5, 0.6) is 0 Å². The number of carboxylic acid groups (broad SMARTS) is 1. The molecule has 0 radical (unpaired) electrons. The van der Waals surface area contributed by atoms with Gasteiger partial charge < -0.3 is 5.11 Å². The van der Waals surface area contributed by atoms with Gasteiger partial charge in [0.2, 0.25) is 0 Å². The fourth-order valence-corrected chi connectivity index (χ4v) is 0.526. The van der Waals surface area contributed by atoms with Gasteiger partial charge >= 0.3 is 5.97 Å². The number of carbonyl (C=O) groups is 1. The van der Waals surface area contributed by atoms with Gasteiger partial charge in [-0.15, -0.1) is 6.58 Å². The Labute approximate surface area is 68.9 Å². The van der Waals surface area contributed by atoms with Crippen molar-refractivity contribution in [1.82, 2.24) is 0 Å². The number of allylic oxidation sites excluding steroid dienone is 1. The molecule has 1 N–H and O–H groups in total. The maximum absolute atomic E-state index is 9.87. The van der Waals surface area contributed by atoms with Crippen LogP contribution in [0.25, 0.3) is 0 Å². The number of rotatable bonds is 4. The Hall–Kier alpha value is -0.790. The summed E-state index contributed by atoms with van der Waals surface area (Å²) in [5.74, 6) is -0.682. The summed E-state index contributed by atoms with van der Waals surface area (Å²) in [6, 6.07) is 0. The molecule has 0 saturated heterocycles. The van der Waals surface area contributed by atoms with Gasteiger partial charge in [0.1, 0.15) is 0 Å². The normalized spacial score (nSPS) is 7.82. The molecule has 0 unspecified atom stereocenters. The van der Waals surface area contributed by atoms with E-state index < -0.39 is 5.97 Å². The van der Waals surface area contributed by atoms with Crippen LogP contribution in [-0.4, -0.2) is 11.1 Å². The van der Waals surface area contributed by atoms with Crippen LogP contribution in [0, 0.1) is 0 Å². The highest BCUT2D eigenvalue weighted by Gasteiger charge is 1.92. The van der Waals surface area contributed by atoms with Crippen LogP contribution in [0.4, 0.5) is 0 Å². The van der Waals surface area contributed by atoms with Gasteiger partial charge in [0, 0.05) is 6.42 Å². The molecule has 0 spiro atoms. The van der Waals surface area contributed by atoms with E-state index in [-0.39, 0.29) is 0 Å². The zero-order valence-electron chi connectivity index (χ0n) is 7.47. The molecule has 0 aliphatic rings. The van der Waals surface area contributed by atoms with Crippen LogP contribution in [0.3, 0.4) is 0 Å². The number of hydrogen-bond donors (Lipinski definition) is 1. The lowest BCUT2D eigenvalue weighted by Gasteiger charge is -1.89. The van der Waals surface area contributed by atoms with Crippen LogP contribution in [0.15, 0.2) is 12.7 Å². The van der Waals surface area contributed by atoms with E-state index in [4.69, 9.17) is 5.11 Å². The number of hydrogen-bond acceptors (Lipinski definition) is 1. The summed E-state index contributed by atoms with van der Waals surface area (Å²) < 4.78 is 0. The Morgan fingerprint density at radius 1 is 1.55 bits per heavy atom. The van der Waals surface area contributed by atoms with Crippen molar-refractivity contribution in [3.8, 4) is 0 Å². The molecule has 0 aromatic rings. The molecule has 0 heterocycles. The van der Waals surface area contributed by atoms with Crippen LogP contribution < -0.4 is 0 Å². The maximum atomic E-state index is 9.87. The van der Waals surface area contributed by atoms with Gasteiger partial charge in [0.25, 0.3) is 0 Å². The fourth-order valence-electron chi connectivity index (χ4n) is 0.526. The van der Waals surface area contributed by atoms with Crippen LogP contribution in [0.1, 0.15) is 39.5 Å². The van der Waals surface area contributed by atoms with Gasteiger partial charge in [0.05, 0.1) is 0 Å². The zero-order valence-corrected chi connectivity index (χ0v) is 7.47. The average Bonchev–Trinajstić information content (AvgIpc) is 1.89. The quantitative estimate of drug-likeness (QED) is 0.504. The number of unbranched alkanes of at least 4 members (excludes halogenated alkanes) is 2. The lowest BCUT2D eigenvalue weighted by Crippen LogP contribution is -1.92. The minimum absolute atomic E-state index is 0.327. The van der Waals surface area contributed by atoms with E-state index in [0.717, 1.165) is 19.3 Å². The third-order valence-electron chi connectivity index (χ3n) is 0.994. The summed E-state index contributed by atoms with van der Waals surface area (Å²) in [5, 5.41) is 8.14. The lowest BCUT2D eigenvalue weighted by atomic mass is 10.2. The molecule has 0 bridgehead atoms. The Morgan fingerprint density at radius 2 is 2.00 bits per heavy atom. The molecular formula is C9H18O2. The van der Waals surface area contributed by atoms with Gasteiger partial charge in [-0.2, -0.15) is 0 Å². The van der Waals surface area contributed by atoms with Gasteiger partial charge in [-0.25, -0.2) is 0 Å². The summed E-state index contributed by atoms with van der Waals surface area (Å²) in [5.41, 5.74) is 0. The third-order valence-corrected chi connectivity index (χ3v) is 0.994. The van der Waals surface area contributed by atoms with Crippen LogP contribution in [-0.2, 0) is 4.79 Å². The van der Waals surface area contributed by atoms with E-state index >= 15 is 0 Å². The summed E-state index contributed by atoms with van der Waals surface area (Å²) in [6.45, 7) is 7.31. The van der Waals surface area contributed by atoms with Gasteiger partial charge in [-0.1, -0.05) is 25.8 Å². The second kappa shape index (κ2) is 11.9. The van der Waals surface area contributed by atoms with Crippen molar-refractivity contribution in [3.05, 3.63) is 12.7 Å². The highest BCUT2D eigenvalue weighted by molar-refractivity contribution is 5.66. The number of carboxylic acids is 1. The van der Waals surface area contributed by atoms with Crippen molar-refractivity contribution in [2.45, 2.75) is 39.5 Å². The Balaban J connectivity index is 0. The molecule has 2 heteroatoms. The van der Waals surface area contributed by atoms with E-state index in [1.807, 2.05) is 6.92 Å². The molecule has 0 saturated carbocycles. The molecule has 2 nitrogen and oxygen atoms in total. The fraction of sp³-hybridized carbons (Fsp3) is 0.667. The number of aliphatic carboxylic acids is 1. The summed E-state index contributed by atoms with van der Waals surface area (Å²) in [4.78, 5) is 9.87. The lowest BCUT2D eigenvalue weighted by molar-refractivity contribution is -0.137. The SMILES string of the molecule is C=CC.CCCCCC(=O)O. The largest absolute Gasteiger partial charge is 0.481 e. The molecule has 0 aliphatic heterocycles. The van der Waals surface area contributed by atoms with Crippen molar-refractivity contribution in [1.29, 1.82) is 0 Å². The molecule has 0 rings (SSSR count). The first-order valence-electron chi connectivity index (χ1n) is 3.97. The van der Waals surface area contributed by atoms with Crippen molar-refractivity contribution in [2.75, 3.05) is 0 Å². The third kappa shape index (κ3) is 27.0. The first-order valence-corrected chi connectivity index (χ1v) is 3.97. The zero-order chi connectivity index (χ0) is 9.11. The van der Waals surface area contributed by atoms with Crippen LogP contribution in [0.2, 0.25) is 0 Å².